The zero-order valence-electron chi connectivity index (χ0n) is 5.67. The molecule has 0 bridgehead atoms. The summed E-state index contributed by atoms with van der Waals surface area (Å²) in [5, 5.41) is 2.86. The number of carbonyl (C=O) groups is 1. The van der Waals surface area contributed by atoms with Crippen molar-refractivity contribution < 1.29 is 4.79 Å². The van der Waals surface area contributed by atoms with Crippen molar-refractivity contribution in [3.05, 3.63) is 0 Å². The molecule has 58 valence electrons. The highest BCUT2D eigenvalue weighted by molar-refractivity contribution is 8.11. The Bertz CT molecular complexity index is 124. The molecule has 1 amide bonds. The van der Waals surface area contributed by atoms with E-state index in [1.165, 1.54) is 0 Å². The van der Waals surface area contributed by atoms with Gasteiger partial charge in [0.05, 0.1) is 0 Å². The summed E-state index contributed by atoms with van der Waals surface area (Å²) in [6.07, 6.45) is 0. The number of piperazine rings is 1. The van der Waals surface area contributed by atoms with Gasteiger partial charge < -0.3 is 11.1 Å². The van der Waals surface area contributed by atoms with Crippen LogP contribution in [0.2, 0.25) is 0 Å². The van der Waals surface area contributed by atoms with Crippen LogP contribution in [0.5, 0.6) is 0 Å². The molecule has 1 fully saturated rings. The molecule has 0 aromatic heterocycles. The van der Waals surface area contributed by atoms with Crippen LogP contribution >= 0.6 is 11.9 Å². The molecule has 1 rings (SSSR count). The molecule has 4 nitrogen and oxygen atoms in total. The summed E-state index contributed by atoms with van der Waals surface area (Å²) >= 11 is 1.11. The third-order valence-electron chi connectivity index (χ3n) is 1.30. The van der Waals surface area contributed by atoms with Crippen LogP contribution in [0.25, 0.3) is 0 Å². The monoisotopic (exact) mass is 161 g/mol. The lowest BCUT2D eigenvalue weighted by molar-refractivity contribution is 0.266. The van der Waals surface area contributed by atoms with Gasteiger partial charge >= 0.3 is 0 Å². The van der Waals surface area contributed by atoms with Crippen molar-refractivity contribution in [2.45, 2.75) is 0 Å². The lowest BCUT2D eigenvalue weighted by Gasteiger charge is -2.23. The molecule has 0 aromatic carbocycles. The van der Waals surface area contributed by atoms with Crippen molar-refractivity contribution in [2.75, 3.05) is 26.2 Å². The van der Waals surface area contributed by atoms with E-state index in [0.717, 1.165) is 38.1 Å². The van der Waals surface area contributed by atoms with Crippen molar-refractivity contribution >= 4 is 17.2 Å². The molecule has 1 aliphatic heterocycles. The highest BCUT2D eigenvalue weighted by Gasteiger charge is 2.11. The number of nitrogens with two attached hydrogens (primary N) is 1. The van der Waals surface area contributed by atoms with Gasteiger partial charge in [0.2, 0.25) is 0 Å². The molecule has 0 spiro atoms. The molecule has 1 aliphatic rings. The minimum Gasteiger partial charge on any atom is -0.359 e. The van der Waals surface area contributed by atoms with Gasteiger partial charge in [-0.1, -0.05) is 0 Å². The molecule has 0 radical (unpaired) electrons. The molecule has 1 saturated heterocycles. The van der Waals surface area contributed by atoms with E-state index < -0.39 is 0 Å². The first-order valence-corrected chi connectivity index (χ1v) is 3.99. The Kier molecular flexibility index (Phi) is 2.98. The number of amides is 1. The first kappa shape index (κ1) is 7.84. The lowest BCUT2D eigenvalue weighted by atomic mass is 10.4. The van der Waals surface area contributed by atoms with Gasteiger partial charge in [-0.3, -0.25) is 4.79 Å². The van der Waals surface area contributed by atoms with Crippen LogP contribution in [-0.2, 0) is 0 Å². The molecule has 0 unspecified atom stereocenters. The van der Waals surface area contributed by atoms with Crippen molar-refractivity contribution in [3.8, 4) is 0 Å². The summed E-state index contributed by atoms with van der Waals surface area (Å²) in [7, 11) is 0. The maximum atomic E-state index is 10.4. The predicted molar refractivity (Wildman–Crippen MR) is 41.6 cm³/mol. The molecule has 5 heteroatoms. The van der Waals surface area contributed by atoms with Crippen LogP contribution in [0, 0.1) is 0 Å². The average molecular weight is 161 g/mol. The van der Waals surface area contributed by atoms with Crippen LogP contribution in [0.15, 0.2) is 0 Å². The third kappa shape index (κ3) is 2.55. The Hall–Kier alpha value is -0.260. The van der Waals surface area contributed by atoms with Gasteiger partial charge in [0.25, 0.3) is 5.24 Å². The first-order chi connectivity index (χ1) is 4.79. The van der Waals surface area contributed by atoms with Crippen LogP contribution in [0.4, 0.5) is 4.79 Å². The molecule has 0 aromatic rings. The second kappa shape index (κ2) is 3.80. The van der Waals surface area contributed by atoms with E-state index in [0.29, 0.717) is 0 Å². The Morgan fingerprint density at radius 3 is 2.60 bits per heavy atom. The van der Waals surface area contributed by atoms with E-state index in [4.69, 9.17) is 5.73 Å². The van der Waals surface area contributed by atoms with Crippen LogP contribution in [-0.4, -0.2) is 35.7 Å². The number of nitrogens with zero attached hydrogens (tertiary/aromatic N) is 1. The van der Waals surface area contributed by atoms with E-state index >= 15 is 0 Å². The molecule has 0 aliphatic carbocycles. The zero-order chi connectivity index (χ0) is 7.40. The Balaban J connectivity index is 2.19. The standard InChI is InChI=1S/C5H11N3OS/c6-5(9)10-8-3-1-7-2-4-8/h7H,1-4H2,(H2,6,9). The van der Waals surface area contributed by atoms with Gasteiger partial charge in [0.15, 0.2) is 0 Å². The highest BCUT2D eigenvalue weighted by atomic mass is 32.2. The van der Waals surface area contributed by atoms with Gasteiger partial charge in [-0.15, -0.1) is 0 Å². The van der Waals surface area contributed by atoms with E-state index in [1.807, 2.05) is 4.31 Å². The second-order valence-electron chi connectivity index (χ2n) is 2.09. The fourth-order valence-electron chi connectivity index (χ4n) is 0.863. The summed E-state index contributed by atoms with van der Waals surface area (Å²) in [5.74, 6) is 0. The van der Waals surface area contributed by atoms with Gasteiger partial charge in [-0.25, -0.2) is 4.31 Å². The van der Waals surface area contributed by atoms with Gasteiger partial charge in [0.1, 0.15) is 0 Å². The fraction of sp³-hybridized carbons (Fsp3) is 0.800. The average Bonchev–Trinajstić information content (AvgIpc) is 1.88. The van der Waals surface area contributed by atoms with Crippen molar-refractivity contribution in [1.29, 1.82) is 0 Å². The Morgan fingerprint density at radius 1 is 1.50 bits per heavy atom. The van der Waals surface area contributed by atoms with Gasteiger partial charge in [-0.05, 0) is 0 Å². The zero-order valence-corrected chi connectivity index (χ0v) is 6.49. The second-order valence-corrected chi connectivity index (χ2v) is 3.19. The molecule has 10 heavy (non-hydrogen) atoms. The maximum Gasteiger partial charge on any atom is 0.291 e. The summed E-state index contributed by atoms with van der Waals surface area (Å²) < 4.78 is 1.97. The van der Waals surface area contributed by atoms with Crippen molar-refractivity contribution in [1.82, 2.24) is 9.62 Å². The van der Waals surface area contributed by atoms with E-state index in [-0.39, 0.29) is 5.24 Å². The molecule has 3 N–H and O–H groups in total. The Labute approximate surface area is 64.3 Å². The normalized spacial score (nSPS) is 20.8. The molecular formula is C5H11N3OS. The van der Waals surface area contributed by atoms with Crippen LogP contribution in [0.1, 0.15) is 0 Å². The SMILES string of the molecule is NC(=O)SN1CCNCC1. The van der Waals surface area contributed by atoms with Crippen LogP contribution in [0.3, 0.4) is 0 Å². The smallest absolute Gasteiger partial charge is 0.291 e. The highest BCUT2D eigenvalue weighted by Crippen LogP contribution is 2.08. The van der Waals surface area contributed by atoms with E-state index in [1.54, 1.807) is 0 Å². The van der Waals surface area contributed by atoms with E-state index in [9.17, 15) is 4.79 Å². The lowest BCUT2D eigenvalue weighted by Crippen LogP contribution is -2.40. The maximum absolute atomic E-state index is 10.4. The number of rotatable bonds is 1. The van der Waals surface area contributed by atoms with Gasteiger partial charge in [-0.2, -0.15) is 0 Å². The molecule has 0 saturated carbocycles. The molecule has 0 atom stereocenters. The molecular weight excluding hydrogens is 150 g/mol. The van der Waals surface area contributed by atoms with E-state index in [2.05, 4.69) is 5.32 Å². The number of hydrogen-bond donors (Lipinski definition) is 2. The fourth-order valence-corrected chi connectivity index (χ4v) is 1.48. The minimum absolute atomic E-state index is 0.318. The number of carbonyl (C=O) groups excluding carboxylic acids is 1. The van der Waals surface area contributed by atoms with Crippen LogP contribution < -0.4 is 11.1 Å². The minimum atomic E-state index is -0.318. The quantitative estimate of drug-likeness (QED) is 0.515. The van der Waals surface area contributed by atoms with Crippen molar-refractivity contribution in [3.63, 3.8) is 0 Å². The summed E-state index contributed by atoms with van der Waals surface area (Å²) in [6.45, 7) is 3.68. The Morgan fingerprint density at radius 2 is 2.10 bits per heavy atom. The number of primary amides is 1. The van der Waals surface area contributed by atoms with Gasteiger partial charge in [0, 0.05) is 38.1 Å². The largest absolute Gasteiger partial charge is 0.359 e. The number of hydrogen-bond acceptors (Lipinski definition) is 4. The summed E-state index contributed by atoms with van der Waals surface area (Å²) in [5.41, 5.74) is 4.99. The summed E-state index contributed by atoms with van der Waals surface area (Å²) in [6, 6.07) is 0. The number of nitrogens with one attached hydrogen (secondary N) is 1. The topological polar surface area (TPSA) is 58.4 Å². The third-order valence-corrected chi connectivity index (χ3v) is 2.10. The van der Waals surface area contributed by atoms with Crippen molar-refractivity contribution in [2.24, 2.45) is 5.73 Å². The first-order valence-electron chi connectivity index (χ1n) is 3.22. The predicted octanol–water partition coefficient (Wildman–Crippen LogP) is -0.381. The summed E-state index contributed by atoms with van der Waals surface area (Å²) in [4.78, 5) is 10.4. The molecule has 1 heterocycles.